The fourth-order valence-electron chi connectivity index (χ4n) is 8.29. The summed E-state index contributed by atoms with van der Waals surface area (Å²) in [7, 11) is 8.65. The lowest BCUT2D eigenvalue weighted by Crippen LogP contribution is -2.43. The lowest BCUT2D eigenvalue weighted by atomic mass is 9.91. The van der Waals surface area contributed by atoms with Gasteiger partial charge in [-0.25, -0.2) is 0 Å². The standard InChI is InChI=1S/C24H39BO4P2Si.C18H25BO4P2/c1-24(2,3)32(4,5)29-18(12-11-17-9-7-6-8-10-17)13-14-19-20-15-23(26)27-21(20)16-22(19)28-25(30)31;20-13(7-6-12-4-2-1-3-5-12)8-9-14-15-10-18(21)22-16(15)11-17(14)23-19(24)25/h6-10,13-14,18-22H,11-12,15-16,30-31H2,1-5H3;1-5,8-9,13-17,20H,6-7,10-11,24-25H2/b14-13+;9-8+/t18?,19-,20-,21+,22-;13-,14-,15-,16+,17-/m11/s1. The van der Waals surface area contributed by atoms with Crippen LogP contribution in [0.4, 0.5) is 0 Å². The van der Waals surface area contributed by atoms with E-state index in [2.05, 4.69) is 125 Å². The minimum atomic E-state index is -1.93. The van der Waals surface area contributed by atoms with Crippen molar-refractivity contribution in [2.24, 2.45) is 23.7 Å². The number of ether oxygens (including phenoxy) is 2. The number of aliphatic hydroxyl groups is 1. The number of hydrogen-bond donors (Lipinski definition) is 1. The Kier molecular flexibility index (Phi) is 17.7. The quantitative estimate of drug-likeness (QED) is 0.0780. The average molecular weight is 871 g/mol. The zero-order chi connectivity index (χ0) is 41.3. The lowest BCUT2D eigenvalue weighted by molar-refractivity contribution is -0.142. The van der Waals surface area contributed by atoms with Gasteiger partial charge >= 0.3 is 24.6 Å². The zero-order valence-electron chi connectivity index (χ0n) is 34.3. The van der Waals surface area contributed by atoms with Gasteiger partial charge in [0.15, 0.2) is 8.32 Å². The van der Waals surface area contributed by atoms with Crippen molar-refractivity contribution in [2.45, 2.75) is 127 Å². The van der Waals surface area contributed by atoms with Crippen LogP contribution in [0.1, 0.15) is 70.4 Å². The number of aryl methyl sites for hydroxylation is 2. The van der Waals surface area contributed by atoms with Crippen LogP contribution in [0.15, 0.2) is 85.0 Å². The molecule has 14 atom stereocenters. The fourth-order valence-corrected chi connectivity index (χ4v) is 10.4. The van der Waals surface area contributed by atoms with E-state index in [1.165, 1.54) is 11.1 Å². The van der Waals surface area contributed by atoms with Gasteiger partial charge in [-0.2, -0.15) is 0 Å². The summed E-state index contributed by atoms with van der Waals surface area (Å²) in [5, 5.41) is 10.4. The molecule has 310 valence electrons. The molecule has 2 aromatic carbocycles. The molecule has 2 aromatic rings. The highest BCUT2D eigenvalue weighted by molar-refractivity contribution is 7.92. The first-order valence-corrected chi connectivity index (χ1v) is 26.1. The first-order chi connectivity index (χ1) is 27.0. The van der Waals surface area contributed by atoms with E-state index in [0.29, 0.717) is 19.3 Å². The van der Waals surface area contributed by atoms with Gasteiger partial charge < -0.3 is 28.3 Å². The molecule has 4 aliphatic rings. The SMILES string of the molecule is CC(C)(C)[Si](C)(C)OC(/C=C/[C@@H]1[C@H]2CC(=O)O[C@H]2C[C@H]1OB(P)P)CCc1ccccc1.O=C1C[C@@H]2[C@@H](/C=C/[C@H](O)CCc3ccccc3)[C@H](OB(P)P)C[C@@H]2O1. The normalized spacial score (nSPS) is 28.1. The number of rotatable bonds is 16. The smallest absolute Gasteiger partial charge is 0.336 e. The van der Waals surface area contributed by atoms with Gasteiger partial charge in [-0.1, -0.05) is 106 Å². The van der Waals surface area contributed by atoms with Crippen LogP contribution in [0.3, 0.4) is 0 Å². The molecule has 5 unspecified atom stereocenters. The number of fused-ring (bicyclic) bond motifs is 2. The molecule has 15 heteroatoms. The largest absolute Gasteiger partial charge is 0.462 e. The molecule has 6 rings (SSSR count). The van der Waals surface area contributed by atoms with Crippen molar-refractivity contribution in [1.29, 1.82) is 0 Å². The Morgan fingerprint density at radius 2 is 1.19 bits per heavy atom. The molecule has 2 aliphatic carbocycles. The highest BCUT2D eigenvalue weighted by Gasteiger charge is 2.51. The van der Waals surface area contributed by atoms with Gasteiger partial charge in [0.25, 0.3) is 0 Å². The first kappa shape index (κ1) is 46.8. The predicted octanol–water partition coefficient (Wildman–Crippen LogP) is 8.25. The molecule has 57 heavy (non-hydrogen) atoms. The highest BCUT2D eigenvalue weighted by atomic mass is 31.1. The van der Waals surface area contributed by atoms with Gasteiger partial charge in [0.2, 0.25) is 0 Å². The molecular weight excluding hydrogens is 806 g/mol. The van der Waals surface area contributed by atoms with Crippen molar-refractivity contribution >= 4 is 69.4 Å². The molecule has 2 saturated carbocycles. The first-order valence-electron chi connectivity index (χ1n) is 20.5. The van der Waals surface area contributed by atoms with Crippen LogP contribution in [0.5, 0.6) is 0 Å². The molecule has 1 N–H and O–H groups in total. The molecular formula is C42H64B2O8P4Si. The summed E-state index contributed by atoms with van der Waals surface area (Å²) in [5.41, 5.74) is 2.55. The third kappa shape index (κ3) is 13.9. The lowest BCUT2D eigenvalue weighted by Gasteiger charge is -2.39. The Balaban J connectivity index is 0.000000224. The van der Waals surface area contributed by atoms with E-state index < -0.39 is 14.4 Å². The molecule has 4 fully saturated rings. The highest BCUT2D eigenvalue weighted by Crippen LogP contribution is 2.46. The van der Waals surface area contributed by atoms with Gasteiger partial charge in [0.1, 0.15) is 12.2 Å². The van der Waals surface area contributed by atoms with E-state index in [9.17, 15) is 14.7 Å². The Hall–Kier alpha value is -1.23. The number of carbonyl (C=O) groups is 2. The number of hydrogen-bond acceptors (Lipinski definition) is 8. The Morgan fingerprint density at radius 3 is 1.63 bits per heavy atom. The summed E-state index contributed by atoms with van der Waals surface area (Å²) in [6, 6.07) is 20.8. The van der Waals surface area contributed by atoms with Crippen molar-refractivity contribution < 1.29 is 37.9 Å². The van der Waals surface area contributed by atoms with Crippen molar-refractivity contribution in [3.05, 3.63) is 96.1 Å². The molecule has 2 heterocycles. The average Bonchev–Trinajstić information content (AvgIpc) is 3.86. The molecule has 0 spiro atoms. The van der Waals surface area contributed by atoms with Gasteiger partial charge in [-0.05, 0) is 54.9 Å². The summed E-state index contributed by atoms with van der Waals surface area (Å²) in [4.78, 5) is 23.5. The Morgan fingerprint density at radius 1 is 0.754 bits per heavy atom. The molecule has 0 aromatic heterocycles. The summed E-state index contributed by atoms with van der Waals surface area (Å²) in [6.07, 6.45) is 13.7. The third-order valence-electron chi connectivity index (χ3n) is 12.3. The van der Waals surface area contributed by atoms with E-state index in [4.69, 9.17) is 23.2 Å². The van der Waals surface area contributed by atoms with E-state index in [0.717, 1.165) is 32.1 Å². The molecule has 2 aliphatic heterocycles. The number of esters is 2. The summed E-state index contributed by atoms with van der Waals surface area (Å²) >= 11 is 0. The second kappa shape index (κ2) is 21.5. The maximum atomic E-state index is 11.9. The van der Waals surface area contributed by atoms with E-state index in [-0.39, 0.29) is 83.9 Å². The van der Waals surface area contributed by atoms with Gasteiger partial charge in [0.05, 0.1) is 37.3 Å². The van der Waals surface area contributed by atoms with Crippen molar-refractivity contribution in [2.75, 3.05) is 0 Å². The number of aliphatic hydroxyl groups excluding tert-OH is 1. The van der Waals surface area contributed by atoms with Crippen LogP contribution in [-0.4, -0.2) is 74.7 Å². The maximum Gasteiger partial charge on any atom is 0.336 e. The monoisotopic (exact) mass is 870 g/mol. The molecule has 0 radical (unpaired) electrons. The van der Waals surface area contributed by atoms with Crippen molar-refractivity contribution in [3.8, 4) is 0 Å². The van der Waals surface area contributed by atoms with Crippen molar-refractivity contribution in [3.63, 3.8) is 0 Å². The Labute approximate surface area is 352 Å². The van der Waals surface area contributed by atoms with Crippen LogP contribution in [-0.2, 0) is 45.6 Å². The van der Waals surface area contributed by atoms with Crippen LogP contribution >= 0.6 is 36.5 Å². The van der Waals surface area contributed by atoms with Crippen LogP contribution < -0.4 is 0 Å². The van der Waals surface area contributed by atoms with Gasteiger partial charge in [-0.3, -0.25) is 9.59 Å². The minimum absolute atomic E-state index is 0.0113. The second-order valence-corrected chi connectivity index (χ2v) is 26.4. The van der Waals surface area contributed by atoms with Crippen LogP contribution in [0, 0.1) is 23.7 Å². The fraction of sp³-hybridized carbons (Fsp3) is 0.571. The topological polar surface area (TPSA) is 101 Å². The zero-order valence-corrected chi connectivity index (χ0v) is 39.9. The van der Waals surface area contributed by atoms with Crippen LogP contribution in [0.2, 0.25) is 18.1 Å². The predicted molar refractivity (Wildman–Crippen MR) is 248 cm³/mol. The second-order valence-electron chi connectivity index (χ2n) is 17.5. The summed E-state index contributed by atoms with van der Waals surface area (Å²) in [5.74, 6) is 0.417. The molecule has 0 bridgehead atoms. The third-order valence-corrected chi connectivity index (χ3v) is 17.4. The number of benzene rings is 2. The van der Waals surface area contributed by atoms with Gasteiger partial charge in [-0.15, -0.1) is 36.5 Å². The summed E-state index contributed by atoms with van der Waals surface area (Å²) < 4.78 is 29.9. The maximum absolute atomic E-state index is 11.9. The van der Waals surface area contributed by atoms with E-state index in [1.54, 1.807) is 0 Å². The minimum Gasteiger partial charge on any atom is -0.462 e. The van der Waals surface area contributed by atoms with Crippen LogP contribution in [0.25, 0.3) is 0 Å². The van der Waals surface area contributed by atoms with Gasteiger partial charge in [0, 0.05) is 36.5 Å². The Bertz CT molecular complexity index is 1650. The molecule has 0 amide bonds. The van der Waals surface area contributed by atoms with E-state index in [1.807, 2.05) is 30.4 Å². The molecule has 8 nitrogen and oxygen atoms in total. The van der Waals surface area contributed by atoms with Crippen molar-refractivity contribution in [1.82, 2.24) is 0 Å². The molecule has 2 saturated heterocycles. The van der Waals surface area contributed by atoms with E-state index >= 15 is 0 Å². The summed E-state index contributed by atoms with van der Waals surface area (Å²) in [6.45, 7) is 11.5. The number of carbonyl (C=O) groups excluding carboxylic acids is 2.